The van der Waals surface area contributed by atoms with Crippen molar-refractivity contribution in [2.75, 3.05) is 0 Å². The average molecular weight is 454 g/mol. The number of halogens is 1. The molecule has 0 spiro atoms. The molecule has 3 fully saturated rings. The van der Waals surface area contributed by atoms with Crippen LogP contribution in [-0.2, 0) is 9.59 Å². The highest BCUT2D eigenvalue weighted by molar-refractivity contribution is 14.1. The predicted octanol–water partition coefficient (Wildman–Crippen LogP) is 5.36. The van der Waals surface area contributed by atoms with Gasteiger partial charge in [-0.15, -0.1) is 11.8 Å². The molecule has 3 heteroatoms. The number of Topliss-reactive ketones (excluding diaryl/α,β-unsaturated/α-hetero) is 2. The molecule has 0 radical (unpaired) electrons. The molecule has 3 rings (SSSR count). The van der Waals surface area contributed by atoms with Gasteiger partial charge < -0.3 is 0 Å². The SMILES string of the molecule is CCC1CC(=O)C(CC#CCC2C(=O)CC3CCCCC32I)C1CC. The van der Waals surface area contributed by atoms with Gasteiger partial charge in [0, 0.05) is 40.9 Å². The molecule has 0 saturated heterocycles. The van der Waals surface area contributed by atoms with E-state index < -0.39 is 0 Å². The molecule has 0 amide bonds. The molecule has 0 bridgehead atoms. The van der Waals surface area contributed by atoms with E-state index in [4.69, 9.17) is 0 Å². The minimum Gasteiger partial charge on any atom is -0.299 e. The van der Waals surface area contributed by atoms with E-state index in [1.54, 1.807) is 0 Å². The molecule has 3 aliphatic carbocycles. The van der Waals surface area contributed by atoms with Crippen LogP contribution in [0.4, 0.5) is 0 Å². The first-order valence-corrected chi connectivity index (χ1v) is 11.3. The summed E-state index contributed by atoms with van der Waals surface area (Å²) in [5, 5.41) is 0. The van der Waals surface area contributed by atoms with Crippen molar-refractivity contribution in [3.05, 3.63) is 0 Å². The summed E-state index contributed by atoms with van der Waals surface area (Å²) in [5.74, 6) is 9.37. The molecule has 25 heavy (non-hydrogen) atoms. The monoisotopic (exact) mass is 454 g/mol. The Morgan fingerprint density at radius 1 is 1.04 bits per heavy atom. The van der Waals surface area contributed by atoms with Crippen LogP contribution in [0, 0.1) is 41.4 Å². The lowest BCUT2D eigenvalue weighted by atomic mass is 9.77. The van der Waals surface area contributed by atoms with Crippen LogP contribution in [-0.4, -0.2) is 15.0 Å². The topological polar surface area (TPSA) is 34.1 Å². The van der Waals surface area contributed by atoms with E-state index in [1.807, 2.05) is 0 Å². The third-order valence-corrected chi connectivity index (χ3v) is 9.38. The van der Waals surface area contributed by atoms with Gasteiger partial charge in [-0.2, -0.15) is 0 Å². The number of hydrogen-bond acceptors (Lipinski definition) is 2. The molecule has 0 aliphatic heterocycles. The normalized spacial score (nSPS) is 40.7. The molecular weight excluding hydrogens is 423 g/mol. The van der Waals surface area contributed by atoms with Gasteiger partial charge in [0.15, 0.2) is 0 Å². The second-order valence-electron chi connectivity index (χ2n) is 8.37. The van der Waals surface area contributed by atoms with Gasteiger partial charge in [0.25, 0.3) is 0 Å². The van der Waals surface area contributed by atoms with Crippen LogP contribution in [0.1, 0.15) is 78.1 Å². The van der Waals surface area contributed by atoms with E-state index >= 15 is 0 Å². The molecule has 138 valence electrons. The number of hydrogen-bond donors (Lipinski definition) is 0. The molecule has 6 unspecified atom stereocenters. The predicted molar refractivity (Wildman–Crippen MR) is 110 cm³/mol. The second kappa shape index (κ2) is 8.11. The Morgan fingerprint density at radius 3 is 2.52 bits per heavy atom. The first-order chi connectivity index (χ1) is 12.0. The van der Waals surface area contributed by atoms with Crippen molar-refractivity contribution in [2.24, 2.45) is 29.6 Å². The Kier molecular flexibility index (Phi) is 6.29. The summed E-state index contributed by atoms with van der Waals surface area (Å²) in [6, 6.07) is 0. The molecule has 0 aromatic carbocycles. The number of ketones is 2. The number of carbonyl (C=O) groups excluding carboxylic acids is 2. The summed E-state index contributed by atoms with van der Waals surface area (Å²) in [4.78, 5) is 24.8. The van der Waals surface area contributed by atoms with Crippen molar-refractivity contribution in [3.8, 4) is 11.8 Å². The Hall–Kier alpha value is -0.370. The van der Waals surface area contributed by atoms with Crippen molar-refractivity contribution < 1.29 is 9.59 Å². The molecule has 0 aromatic heterocycles. The molecule has 0 aromatic rings. The number of alkyl halides is 1. The van der Waals surface area contributed by atoms with E-state index in [2.05, 4.69) is 48.3 Å². The molecular formula is C22H31IO2. The van der Waals surface area contributed by atoms with Crippen molar-refractivity contribution in [1.29, 1.82) is 0 Å². The Bertz CT molecular complexity index is 587. The van der Waals surface area contributed by atoms with Gasteiger partial charge in [0.2, 0.25) is 0 Å². The number of rotatable bonds is 4. The van der Waals surface area contributed by atoms with Gasteiger partial charge in [-0.25, -0.2) is 0 Å². The van der Waals surface area contributed by atoms with Crippen LogP contribution >= 0.6 is 22.6 Å². The fourth-order valence-electron chi connectivity index (χ4n) is 5.71. The van der Waals surface area contributed by atoms with Gasteiger partial charge in [-0.3, -0.25) is 9.59 Å². The maximum absolute atomic E-state index is 12.5. The van der Waals surface area contributed by atoms with Crippen LogP contribution in [0.5, 0.6) is 0 Å². The van der Waals surface area contributed by atoms with Gasteiger partial charge in [0.05, 0.1) is 0 Å². The molecule has 0 N–H and O–H groups in total. The lowest BCUT2D eigenvalue weighted by molar-refractivity contribution is -0.121. The zero-order chi connectivity index (χ0) is 18.0. The first-order valence-electron chi connectivity index (χ1n) is 10.2. The van der Waals surface area contributed by atoms with Gasteiger partial charge in [0.1, 0.15) is 11.6 Å². The summed E-state index contributed by atoms with van der Waals surface area (Å²) in [5.41, 5.74) is 0. The van der Waals surface area contributed by atoms with Crippen LogP contribution in [0.2, 0.25) is 0 Å². The standard InChI is InChI=1S/C22H31IO2/c1-3-15-13-20(24)18(17(15)4-2)10-5-6-11-19-21(25)14-16-9-7-8-12-22(16,19)23/h15-19H,3-4,7-14H2,1-2H3. The third-order valence-electron chi connectivity index (χ3n) is 7.20. The summed E-state index contributed by atoms with van der Waals surface area (Å²) in [7, 11) is 0. The van der Waals surface area contributed by atoms with Crippen molar-refractivity contribution in [1.82, 2.24) is 0 Å². The fourth-order valence-corrected chi connectivity index (χ4v) is 7.19. The maximum Gasteiger partial charge on any atom is 0.138 e. The molecule has 3 saturated carbocycles. The summed E-state index contributed by atoms with van der Waals surface area (Å²) in [6.45, 7) is 4.40. The highest BCUT2D eigenvalue weighted by Crippen LogP contribution is 2.54. The van der Waals surface area contributed by atoms with E-state index in [1.165, 1.54) is 25.7 Å². The van der Waals surface area contributed by atoms with Gasteiger partial charge in [-0.1, -0.05) is 62.1 Å². The van der Waals surface area contributed by atoms with Crippen molar-refractivity contribution >= 4 is 34.2 Å². The lowest BCUT2D eigenvalue weighted by Gasteiger charge is -2.37. The fraction of sp³-hybridized carbons (Fsp3) is 0.818. The highest BCUT2D eigenvalue weighted by atomic mass is 127. The summed E-state index contributed by atoms with van der Waals surface area (Å²) in [6.07, 6.45) is 10.0. The quantitative estimate of drug-likeness (QED) is 0.326. The molecule has 6 atom stereocenters. The van der Waals surface area contributed by atoms with E-state index in [0.29, 0.717) is 42.2 Å². The molecule has 3 aliphatic rings. The lowest BCUT2D eigenvalue weighted by Crippen LogP contribution is -2.36. The first kappa shape index (κ1) is 19.4. The van der Waals surface area contributed by atoms with E-state index in [9.17, 15) is 9.59 Å². The maximum atomic E-state index is 12.5. The summed E-state index contributed by atoms with van der Waals surface area (Å²) < 4.78 is 0.157. The minimum atomic E-state index is 0.121. The van der Waals surface area contributed by atoms with Crippen molar-refractivity contribution in [3.63, 3.8) is 0 Å². The van der Waals surface area contributed by atoms with Crippen molar-refractivity contribution in [2.45, 2.75) is 81.5 Å². The zero-order valence-corrected chi connectivity index (χ0v) is 17.8. The number of carbonyl (C=O) groups is 2. The average Bonchev–Trinajstić information content (AvgIpc) is 3.04. The van der Waals surface area contributed by atoms with Crippen LogP contribution in [0.25, 0.3) is 0 Å². The smallest absolute Gasteiger partial charge is 0.138 e. The minimum absolute atomic E-state index is 0.121. The highest BCUT2D eigenvalue weighted by Gasteiger charge is 2.53. The summed E-state index contributed by atoms with van der Waals surface area (Å²) >= 11 is 2.59. The van der Waals surface area contributed by atoms with Crippen LogP contribution in [0.15, 0.2) is 0 Å². The Labute approximate surface area is 166 Å². The largest absolute Gasteiger partial charge is 0.299 e. The second-order valence-corrected chi connectivity index (χ2v) is 10.4. The van der Waals surface area contributed by atoms with Crippen LogP contribution < -0.4 is 0 Å². The molecule has 0 heterocycles. The molecule has 2 nitrogen and oxygen atoms in total. The Morgan fingerprint density at radius 2 is 1.80 bits per heavy atom. The Balaban J connectivity index is 1.61. The van der Waals surface area contributed by atoms with E-state index in [0.717, 1.165) is 25.7 Å². The third kappa shape index (κ3) is 3.70. The number of fused-ring (bicyclic) bond motifs is 1. The van der Waals surface area contributed by atoms with Crippen LogP contribution in [0.3, 0.4) is 0 Å². The zero-order valence-electron chi connectivity index (χ0n) is 15.7. The van der Waals surface area contributed by atoms with Gasteiger partial charge >= 0.3 is 0 Å². The van der Waals surface area contributed by atoms with Gasteiger partial charge in [-0.05, 0) is 30.6 Å². The van der Waals surface area contributed by atoms with E-state index in [-0.39, 0.29) is 15.3 Å².